The van der Waals surface area contributed by atoms with Crippen LogP contribution in [0.3, 0.4) is 0 Å². The molecule has 1 aliphatic rings. The van der Waals surface area contributed by atoms with Gasteiger partial charge >= 0.3 is 5.97 Å². The summed E-state index contributed by atoms with van der Waals surface area (Å²) < 4.78 is 31.6. The van der Waals surface area contributed by atoms with Gasteiger partial charge in [0.05, 0.1) is 22.8 Å². The van der Waals surface area contributed by atoms with Gasteiger partial charge in [0.1, 0.15) is 5.76 Å². The molecule has 6 heteroatoms. The molecule has 2 aromatic rings. The molecule has 0 radical (unpaired) electrons. The minimum Gasteiger partial charge on any atom is -0.507 e. The molecule has 0 fully saturated rings. The van der Waals surface area contributed by atoms with Gasteiger partial charge in [-0.1, -0.05) is 54.1 Å². The Morgan fingerprint density at radius 1 is 1.03 bits per heavy atom. The number of aliphatic hydroxyl groups is 1. The van der Waals surface area contributed by atoms with Crippen molar-refractivity contribution in [2.45, 2.75) is 35.8 Å². The monoisotopic (exact) mass is 412 g/mol. The van der Waals surface area contributed by atoms with Gasteiger partial charge in [-0.15, -0.1) is 0 Å². The first-order chi connectivity index (χ1) is 13.8. The van der Waals surface area contributed by atoms with E-state index in [1.807, 2.05) is 30.3 Å². The number of methoxy groups -OCH3 is 1. The molecule has 0 heterocycles. The van der Waals surface area contributed by atoms with Crippen LogP contribution in [0.1, 0.15) is 31.2 Å². The zero-order valence-electron chi connectivity index (χ0n) is 16.4. The second kappa shape index (κ2) is 8.66. The van der Waals surface area contributed by atoms with Gasteiger partial charge in [0.15, 0.2) is 9.84 Å². The summed E-state index contributed by atoms with van der Waals surface area (Å²) in [4.78, 5) is 12.5. The predicted octanol–water partition coefficient (Wildman–Crippen LogP) is 4.34. The first-order valence-electron chi connectivity index (χ1n) is 9.37. The van der Waals surface area contributed by atoms with Crippen LogP contribution in [0, 0.1) is 0 Å². The SMILES string of the molecule is COC(=O)/C1=C(O)/C=C(/C)[C@H](S(=O)(=O)c2ccccc2)C[C@@H](c2ccccc2)C1. The Labute approximate surface area is 171 Å². The van der Waals surface area contributed by atoms with E-state index < -0.39 is 21.1 Å². The minimum atomic E-state index is -3.68. The van der Waals surface area contributed by atoms with Crippen LogP contribution in [0.4, 0.5) is 0 Å². The minimum absolute atomic E-state index is 0.149. The van der Waals surface area contributed by atoms with Gasteiger partial charge in [-0.2, -0.15) is 0 Å². The molecule has 0 aliphatic heterocycles. The van der Waals surface area contributed by atoms with E-state index >= 15 is 0 Å². The predicted molar refractivity (Wildman–Crippen MR) is 111 cm³/mol. The van der Waals surface area contributed by atoms with Crippen molar-refractivity contribution in [3.05, 3.63) is 89.2 Å². The summed E-state index contributed by atoms with van der Waals surface area (Å²) in [5, 5.41) is 9.75. The fourth-order valence-electron chi connectivity index (χ4n) is 3.71. The average Bonchev–Trinajstić information content (AvgIpc) is 2.73. The maximum atomic E-state index is 13.4. The molecule has 0 aromatic heterocycles. The maximum absolute atomic E-state index is 13.4. The summed E-state index contributed by atoms with van der Waals surface area (Å²) in [6.07, 6.45) is 1.85. The van der Waals surface area contributed by atoms with Crippen molar-refractivity contribution in [1.82, 2.24) is 0 Å². The maximum Gasteiger partial charge on any atom is 0.337 e. The Bertz CT molecular complexity index is 1040. The molecule has 0 amide bonds. The lowest BCUT2D eigenvalue weighted by atomic mass is 9.84. The van der Waals surface area contributed by atoms with Crippen LogP contribution in [0.2, 0.25) is 0 Å². The Hall–Kier alpha value is -2.86. The van der Waals surface area contributed by atoms with Gasteiger partial charge in [0.2, 0.25) is 0 Å². The zero-order chi connectivity index (χ0) is 21.0. The van der Waals surface area contributed by atoms with E-state index in [0.29, 0.717) is 5.57 Å². The number of carbonyl (C=O) groups is 1. The number of rotatable bonds is 4. The zero-order valence-corrected chi connectivity index (χ0v) is 17.2. The lowest BCUT2D eigenvalue weighted by molar-refractivity contribution is -0.136. The molecule has 29 heavy (non-hydrogen) atoms. The van der Waals surface area contributed by atoms with Crippen LogP contribution in [-0.4, -0.2) is 31.9 Å². The van der Waals surface area contributed by atoms with Crippen LogP contribution in [-0.2, 0) is 19.4 Å². The first-order valence-corrected chi connectivity index (χ1v) is 10.9. The van der Waals surface area contributed by atoms with E-state index in [-0.39, 0.29) is 35.0 Å². The van der Waals surface area contributed by atoms with Crippen molar-refractivity contribution in [3.63, 3.8) is 0 Å². The number of allylic oxidation sites excluding steroid dienone is 1. The summed E-state index contributed by atoms with van der Waals surface area (Å²) in [5.74, 6) is -1.14. The Morgan fingerprint density at radius 2 is 1.62 bits per heavy atom. The highest BCUT2D eigenvalue weighted by Crippen LogP contribution is 2.37. The Balaban J connectivity index is 2.14. The summed E-state index contributed by atoms with van der Waals surface area (Å²) >= 11 is 0. The van der Waals surface area contributed by atoms with E-state index in [1.165, 1.54) is 13.2 Å². The van der Waals surface area contributed by atoms with E-state index in [1.54, 1.807) is 37.3 Å². The normalized spacial score (nSPS) is 24.7. The molecule has 1 N–H and O–H groups in total. The van der Waals surface area contributed by atoms with Gasteiger partial charge in [0, 0.05) is 0 Å². The topological polar surface area (TPSA) is 80.7 Å². The molecule has 0 unspecified atom stereocenters. The fourth-order valence-corrected chi connectivity index (χ4v) is 5.62. The molecule has 1 aliphatic carbocycles. The number of aliphatic hydroxyl groups excluding tert-OH is 1. The van der Waals surface area contributed by atoms with Crippen LogP contribution in [0.15, 0.2) is 88.5 Å². The third-order valence-electron chi connectivity index (χ3n) is 5.28. The average molecular weight is 413 g/mol. The lowest BCUT2D eigenvalue weighted by Crippen LogP contribution is -2.27. The molecule has 2 atom stereocenters. The van der Waals surface area contributed by atoms with Crippen molar-refractivity contribution in [2.24, 2.45) is 0 Å². The molecule has 0 spiro atoms. The fraction of sp³-hybridized carbons (Fsp3) is 0.261. The number of sulfone groups is 1. The van der Waals surface area contributed by atoms with Gasteiger partial charge in [-0.25, -0.2) is 13.2 Å². The van der Waals surface area contributed by atoms with Crippen molar-refractivity contribution in [2.75, 3.05) is 7.11 Å². The molecule has 0 bridgehead atoms. The molecule has 3 rings (SSSR count). The standard InChI is InChI=1S/C23H24O5S/c1-16-13-21(24)20(23(25)28-2)14-18(17-9-5-3-6-10-17)15-22(16)29(26,27)19-11-7-4-8-12-19/h3-13,18,22,24H,14-15H2,1-2H3/b16-13-,21-20-/t18-,22+/m0/s1. The first kappa shape index (κ1) is 20.9. The molecule has 152 valence electrons. The number of carbonyl (C=O) groups excluding carboxylic acids is 1. The third-order valence-corrected chi connectivity index (χ3v) is 7.52. The highest BCUT2D eigenvalue weighted by atomic mass is 32.2. The third kappa shape index (κ3) is 4.43. The van der Waals surface area contributed by atoms with Crippen LogP contribution < -0.4 is 0 Å². The number of hydrogen-bond acceptors (Lipinski definition) is 5. The lowest BCUT2D eigenvalue weighted by Gasteiger charge is -2.27. The highest BCUT2D eigenvalue weighted by molar-refractivity contribution is 7.92. The van der Waals surface area contributed by atoms with E-state index in [0.717, 1.165) is 5.56 Å². The van der Waals surface area contributed by atoms with Crippen LogP contribution in [0.25, 0.3) is 0 Å². The molecule has 0 saturated carbocycles. The summed E-state index contributed by atoms with van der Waals surface area (Å²) in [7, 11) is -2.41. The highest BCUT2D eigenvalue weighted by Gasteiger charge is 2.35. The number of ether oxygens (including phenoxy) is 1. The van der Waals surface area contributed by atoms with E-state index in [2.05, 4.69) is 0 Å². The number of hydrogen-bond donors (Lipinski definition) is 1. The van der Waals surface area contributed by atoms with Gasteiger partial charge in [-0.3, -0.25) is 0 Å². The van der Waals surface area contributed by atoms with Gasteiger partial charge < -0.3 is 9.84 Å². The van der Waals surface area contributed by atoms with Gasteiger partial charge in [-0.05, 0) is 49.5 Å². The molecule has 0 saturated heterocycles. The van der Waals surface area contributed by atoms with Crippen LogP contribution >= 0.6 is 0 Å². The Kier molecular flexibility index (Phi) is 6.23. The van der Waals surface area contributed by atoms with E-state index in [4.69, 9.17) is 4.74 Å². The largest absolute Gasteiger partial charge is 0.507 e. The Morgan fingerprint density at radius 3 is 2.21 bits per heavy atom. The van der Waals surface area contributed by atoms with E-state index in [9.17, 15) is 18.3 Å². The van der Waals surface area contributed by atoms with Crippen LogP contribution in [0.5, 0.6) is 0 Å². The van der Waals surface area contributed by atoms with Gasteiger partial charge in [0.25, 0.3) is 0 Å². The van der Waals surface area contributed by atoms with Crippen molar-refractivity contribution in [1.29, 1.82) is 0 Å². The molecule has 5 nitrogen and oxygen atoms in total. The molecule has 2 aromatic carbocycles. The van der Waals surface area contributed by atoms with Crippen molar-refractivity contribution < 1.29 is 23.1 Å². The molecular weight excluding hydrogens is 388 g/mol. The number of benzene rings is 2. The summed E-state index contributed by atoms with van der Waals surface area (Å²) in [5.41, 5.74) is 1.54. The second-order valence-electron chi connectivity index (χ2n) is 7.14. The molecular formula is C23H24O5S. The quantitative estimate of drug-likeness (QED) is 0.756. The number of esters is 1. The van der Waals surface area contributed by atoms with Crippen molar-refractivity contribution >= 4 is 15.8 Å². The summed E-state index contributed by atoms with van der Waals surface area (Å²) in [6.45, 7) is 1.67. The van der Waals surface area contributed by atoms with Crippen molar-refractivity contribution in [3.8, 4) is 0 Å². The summed E-state index contributed by atoms with van der Waals surface area (Å²) in [6, 6.07) is 17.7. The smallest absolute Gasteiger partial charge is 0.337 e. The second-order valence-corrected chi connectivity index (χ2v) is 9.27.